The molecule has 31 heavy (non-hydrogen) atoms. The second kappa shape index (κ2) is 9.94. The minimum absolute atomic E-state index is 0.179. The van der Waals surface area contributed by atoms with E-state index in [1.54, 1.807) is 27.8 Å². The number of hydrogen-bond acceptors (Lipinski definition) is 4. The highest BCUT2D eigenvalue weighted by Crippen LogP contribution is 2.35. The minimum Gasteiger partial charge on any atom is -0.465 e. The SMILES string of the molecule is CCCC[C@@H](C(=O)C(=O)N[C@H](C)c1ccccc1)N(C(=O)O)C1C(=O)N(C)CC1(C)C. The third-order valence-corrected chi connectivity index (χ3v) is 5.83. The Bertz CT molecular complexity index is 824. The van der Waals surface area contributed by atoms with Gasteiger partial charge in [-0.2, -0.15) is 0 Å². The van der Waals surface area contributed by atoms with Crippen LogP contribution in [0.5, 0.6) is 0 Å². The number of likely N-dealkylation sites (tertiary alicyclic amines) is 1. The van der Waals surface area contributed by atoms with E-state index in [4.69, 9.17) is 0 Å². The highest BCUT2D eigenvalue weighted by atomic mass is 16.4. The van der Waals surface area contributed by atoms with Crippen molar-refractivity contribution in [3.8, 4) is 0 Å². The molecule has 1 aromatic carbocycles. The average Bonchev–Trinajstić information content (AvgIpc) is 2.91. The Morgan fingerprint density at radius 2 is 1.87 bits per heavy atom. The third kappa shape index (κ3) is 5.42. The number of unbranched alkanes of at least 4 members (excludes halogenated alkanes) is 1. The zero-order valence-electron chi connectivity index (χ0n) is 18.9. The van der Waals surface area contributed by atoms with Gasteiger partial charge in [0.05, 0.1) is 6.04 Å². The number of carboxylic acid groups (broad SMARTS) is 1. The molecule has 0 aliphatic carbocycles. The molecule has 1 aromatic rings. The van der Waals surface area contributed by atoms with Gasteiger partial charge in [-0.1, -0.05) is 63.9 Å². The summed E-state index contributed by atoms with van der Waals surface area (Å²) in [6.45, 7) is 7.64. The zero-order chi connectivity index (χ0) is 23.3. The molecule has 1 aliphatic heterocycles. The number of rotatable bonds is 9. The largest absolute Gasteiger partial charge is 0.465 e. The number of hydrogen-bond donors (Lipinski definition) is 2. The number of amides is 3. The number of ketones is 1. The molecule has 0 radical (unpaired) electrons. The van der Waals surface area contributed by atoms with Crippen LogP contribution in [0.25, 0.3) is 0 Å². The molecule has 170 valence electrons. The second-order valence-electron chi connectivity index (χ2n) is 8.90. The van der Waals surface area contributed by atoms with Crippen molar-refractivity contribution in [3.05, 3.63) is 35.9 Å². The Balaban J connectivity index is 2.32. The summed E-state index contributed by atoms with van der Waals surface area (Å²) in [5.41, 5.74) is 0.139. The summed E-state index contributed by atoms with van der Waals surface area (Å²) in [4.78, 5) is 53.4. The molecule has 0 aromatic heterocycles. The Hall–Kier alpha value is -2.90. The Kier molecular flexibility index (Phi) is 7.81. The zero-order valence-corrected chi connectivity index (χ0v) is 18.9. The van der Waals surface area contributed by atoms with Gasteiger partial charge < -0.3 is 15.3 Å². The van der Waals surface area contributed by atoms with Crippen molar-refractivity contribution in [2.75, 3.05) is 13.6 Å². The van der Waals surface area contributed by atoms with E-state index in [2.05, 4.69) is 5.32 Å². The van der Waals surface area contributed by atoms with Crippen LogP contribution in [0, 0.1) is 5.41 Å². The Morgan fingerprint density at radius 3 is 2.35 bits per heavy atom. The summed E-state index contributed by atoms with van der Waals surface area (Å²) in [7, 11) is 1.61. The fourth-order valence-corrected chi connectivity index (χ4v) is 4.28. The molecule has 3 amide bonds. The number of benzene rings is 1. The lowest BCUT2D eigenvalue weighted by atomic mass is 9.85. The first-order valence-electron chi connectivity index (χ1n) is 10.7. The van der Waals surface area contributed by atoms with Gasteiger partial charge >= 0.3 is 6.09 Å². The van der Waals surface area contributed by atoms with Gasteiger partial charge in [0.2, 0.25) is 11.7 Å². The van der Waals surface area contributed by atoms with Gasteiger partial charge in [0.25, 0.3) is 5.91 Å². The van der Waals surface area contributed by atoms with Crippen LogP contribution in [0.15, 0.2) is 30.3 Å². The van der Waals surface area contributed by atoms with Crippen LogP contribution in [0.1, 0.15) is 58.6 Å². The van der Waals surface area contributed by atoms with Crippen molar-refractivity contribution in [1.29, 1.82) is 0 Å². The molecule has 8 heteroatoms. The van der Waals surface area contributed by atoms with Gasteiger partial charge in [0.1, 0.15) is 12.1 Å². The number of carbonyl (C=O) groups excluding carboxylic acids is 3. The predicted molar refractivity (Wildman–Crippen MR) is 116 cm³/mol. The molecule has 1 aliphatic rings. The molecule has 2 N–H and O–H groups in total. The van der Waals surface area contributed by atoms with Crippen molar-refractivity contribution in [1.82, 2.24) is 15.1 Å². The number of Topliss-reactive ketones (excluding diaryl/α,β-unsaturated/α-hetero) is 1. The maximum atomic E-state index is 13.2. The van der Waals surface area contributed by atoms with E-state index in [0.29, 0.717) is 13.0 Å². The molecule has 8 nitrogen and oxygen atoms in total. The van der Waals surface area contributed by atoms with E-state index in [-0.39, 0.29) is 12.3 Å². The fourth-order valence-electron chi connectivity index (χ4n) is 4.28. The first-order chi connectivity index (χ1) is 14.5. The molecule has 3 atom stereocenters. The van der Waals surface area contributed by atoms with E-state index < -0.39 is 41.3 Å². The van der Waals surface area contributed by atoms with Gasteiger partial charge in [-0.3, -0.25) is 19.3 Å². The predicted octanol–water partition coefficient (Wildman–Crippen LogP) is 2.84. The lowest BCUT2D eigenvalue weighted by Crippen LogP contribution is -2.58. The third-order valence-electron chi connectivity index (χ3n) is 5.83. The highest BCUT2D eigenvalue weighted by molar-refractivity contribution is 6.38. The first kappa shape index (κ1) is 24.4. The minimum atomic E-state index is -1.37. The van der Waals surface area contributed by atoms with Crippen molar-refractivity contribution in [3.63, 3.8) is 0 Å². The molecule has 2 rings (SSSR count). The van der Waals surface area contributed by atoms with E-state index in [1.165, 1.54) is 4.90 Å². The average molecular weight is 432 g/mol. The molecule has 0 spiro atoms. The van der Waals surface area contributed by atoms with Crippen LogP contribution < -0.4 is 5.32 Å². The van der Waals surface area contributed by atoms with Gasteiger partial charge in [0.15, 0.2) is 0 Å². The lowest BCUT2D eigenvalue weighted by molar-refractivity contribution is -0.143. The molecule has 1 unspecified atom stereocenters. The van der Waals surface area contributed by atoms with E-state index in [9.17, 15) is 24.3 Å². The number of nitrogens with one attached hydrogen (secondary N) is 1. The van der Waals surface area contributed by atoms with Gasteiger partial charge in [-0.25, -0.2) is 4.79 Å². The second-order valence-corrected chi connectivity index (χ2v) is 8.90. The van der Waals surface area contributed by atoms with Gasteiger partial charge in [-0.15, -0.1) is 0 Å². The molecule has 1 fully saturated rings. The van der Waals surface area contributed by atoms with Crippen LogP contribution in [-0.4, -0.2) is 64.3 Å². The van der Waals surface area contributed by atoms with Crippen LogP contribution in [0.2, 0.25) is 0 Å². The normalized spacial score (nSPS) is 19.6. The van der Waals surface area contributed by atoms with E-state index in [1.807, 2.05) is 37.3 Å². The van der Waals surface area contributed by atoms with Crippen LogP contribution in [0.4, 0.5) is 4.79 Å². The van der Waals surface area contributed by atoms with Crippen LogP contribution in [-0.2, 0) is 14.4 Å². The number of likely N-dealkylation sites (N-methyl/N-ethyl adjacent to an activating group) is 1. The summed E-state index contributed by atoms with van der Waals surface area (Å²) < 4.78 is 0. The van der Waals surface area contributed by atoms with Crippen molar-refractivity contribution in [2.24, 2.45) is 5.41 Å². The van der Waals surface area contributed by atoms with Gasteiger partial charge in [-0.05, 0) is 18.9 Å². The van der Waals surface area contributed by atoms with E-state index >= 15 is 0 Å². The smallest absolute Gasteiger partial charge is 0.408 e. The van der Waals surface area contributed by atoms with Crippen LogP contribution >= 0.6 is 0 Å². The van der Waals surface area contributed by atoms with Crippen molar-refractivity contribution < 1.29 is 24.3 Å². The Morgan fingerprint density at radius 1 is 1.26 bits per heavy atom. The van der Waals surface area contributed by atoms with Gasteiger partial charge in [0, 0.05) is 19.0 Å². The number of carbonyl (C=O) groups is 4. The highest BCUT2D eigenvalue weighted by Gasteiger charge is 2.53. The molecule has 1 saturated heterocycles. The van der Waals surface area contributed by atoms with Crippen molar-refractivity contribution in [2.45, 2.75) is 65.1 Å². The summed E-state index contributed by atoms with van der Waals surface area (Å²) in [5.74, 6) is -2.04. The molecular weight excluding hydrogens is 398 g/mol. The quantitative estimate of drug-likeness (QED) is 0.585. The summed E-state index contributed by atoms with van der Waals surface area (Å²) >= 11 is 0. The standard InChI is InChI=1S/C23H33N3O5/c1-6-7-13-17(18(27)20(28)24-15(2)16-11-9-8-10-12-16)26(22(30)31)19-21(29)25(5)14-23(19,3)4/h8-12,15,17,19H,6-7,13-14H2,1-5H3,(H,24,28)(H,30,31)/t15-,17+,19?/m1/s1. The van der Waals surface area contributed by atoms with E-state index in [0.717, 1.165) is 16.9 Å². The first-order valence-corrected chi connectivity index (χ1v) is 10.7. The lowest BCUT2D eigenvalue weighted by Gasteiger charge is -2.37. The molecular formula is C23H33N3O5. The monoisotopic (exact) mass is 431 g/mol. The summed E-state index contributed by atoms with van der Waals surface area (Å²) in [6, 6.07) is 6.53. The fraction of sp³-hybridized carbons (Fsp3) is 0.565. The van der Waals surface area contributed by atoms with Crippen molar-refractivity contribution >= 4 is 23.7 Å². The topological polar surface area (TPSA) is 107 Å². The van der Waals surface area contributed by atoms with Crippen LogP contribution in [0.3, 0.4) is 0 Å². The maximum Gasteiger partial charge on any atom is 0.408 e. The maximum absolute atomic E-state index is 13.2. The summed E-state index contributed by atoms with van der Waals surface area (Å²) in [6.07, 6.45) is 0.0818. The molecule has 1 heterocycles. The summed E-state index contributed by atoms with van der Waals surface area (Å²) in [5, 5.41) is 12.7. The Labute approximate surface area is 183 Å². The molecule has 0 saturated carbocycles. The molecule has 0 bridgehead atoms. The number of nitrogens with zero attached hydrogens (tertiary/aromatic N) is 2.